The average Bonchev–Trinajstić information content (AvgIpc) is 3.27. The summed E-state index contributed by atoms with van der Waals surface area (Å²) in [6, 6.07) is 7.97. The standard InChI is InChI=1S/C20H20N4O5S2/c1-3-4-9-24-20(26)16(18(25)17(22-24)14-6-5-10-30-14)19-21-13-8-7-12(29-2)11-15(13)31(27,28)23-19/h5-8,10-11,25H,3-4,9H2,1-2H3,(H,21,23). The fourth-order valence-electron chi connectivity index (χ4n) is 3.18. The minimum absolute atomic E-state index is 0.0751. The van der Waals surface area contributed by atoms with Gasteiger partial charge in [-0.1, -0.05) is 19.4 Å². The zero-order chi connectivity index (χ0) is 22.2. The number of unbranched alkanes of at least 4 members (excludes halogenated alkanes) is 1. The Kier molecular flexibility index (Phi) is 5.54. The third-order valence-corrected chi connectivity index (χ3v) is 7.01. The Morgan fingerprint density at radius 3 is 2.77 bits per heavy atom. The van der Waals surface area contributed by atoms with Crippen molar-refractivity contribution in [1.82, 2.24) is 14.5 Å². The highest BCUT2D eigenvalue weighted by Gasteiger charge is 2.31. The molecule has 2 aromatic heterocycles. The number of nitrogens with zero attached hydrogens (tertiary/aromatic N) is 3. The maximum absolute atomic E-state index is 13.1. The highest BCUT2D eigenvalue weighted by molar-refractivity contribution is 7.90. The van der Waals surface area contributed by atoms with Crippen molar-refractivity contribution in [1.29, 1.82) is 0 Å². The number of nitrogens with one attached hydrogen (secondary N) is 1. The number of sulfonamides is 1. The second-order valence-electron chi connectivity index (χ2n) is 6.83. The van der Waals surface area contributed by atoms with Gasteiger partial charge in [0.1, 0.15) is 21.9 Å². The average molecular weight is 461 g/mol. The number of hydrogen-bond donors (Lipinski definition) is 2. The fraction of sp³-hybridized carbons (Fsp3) is 0.250. The lowest BCUT2D eigenvalue weighted by Gasteiger charge is -2.20. The highest BCUT2D eigenvalue weighted by Crippen LogP contribution is 2.35. The topological polar surface area (TPSA) is 123 Å². The van der Waals surface area contributed by atoms with Crippen molar-refractivity contribution < 1.29 is 18.3 Å². The summed E-state index contributed by atoms with van der Waals surface area (Å²) < 4.78 is 34.4. The van der Waals surface area contributed by atoms with Crippen LogP contribution < -0.4 is 15.0 Å². The van der Waals surface area contributed by atoms with E-state index in [2.05, 4.69) is 14.8 Å². The molecule has 0 aliphatic carbocycles. The third-order valence-electron chi connectivity index (χ3n) is 4.76. The Hall–Kier alpha value is -3.18. The van der Waals surface area contributed by atoms with Crippen LogP contribution in [-0.2, 0) is 16.6 Å². The van der Waals surface area contributed by atoms with E-state index in [1.165, 1.54) is 35.3 Å². The number of benzene rings is 1. The molecule has 2 N–H and O–H groups in total. The first-order chi connectivity index (χ1) is 14.9. The maximum Gasteiger partial charge on any atom is 0.281 e. The fourth-order valence-corrected chi connectivity index (χ4v) is 5.06. The molecule has 162 valence electrons. The van der Waals surface area contributed by atoms with Crippen molar-refractivity contribution in [3.8, 4) is 22.1 Å². The quantitative estimate of drug-likeness (QED) is 0.583. The molecule has 0 fully saturated rings. The van der Waals surface area contributed by atoms with E-state index in [1.807, 2.05) is 12.3 Å². The molecule has 0 bridgehead atoms. The normalized spacial score (nSPS) is 14.5. The molecule has 3 aromatic rings. The summed E-state index contributed by atoms with van der Waals surface area (Å²) in [7, 11) is -2.61. The molecule has 9 nitrogen and oxygen atoms in total. The van der Waals surface area contributed by atoms with Gasteiger partial charge >= 0.3 is 0 Å². The molecule has 1 aromatic carbocycles. The lowest BCUT2D eigenvalue weighted by atomic mass is 10.1. The molecular formula is C20H20N4O5S2. The number of ether oxygens (including phenoxy) is 1. The van der Waals surface area contributed by atoms with Crippen molar-refractivity contribution in [3.05, 3.63) is 51.6 Å². The van der Waals surface area contributed by atoms with Gasteiger partial charge in [-0.15, -0.1) is 11.3 Å². The third kappa shape index (κ3) is 3.81. The van der Waals surface area contributed by atoms with Crippen LogP contribution in [0.1, 0.15) is 25.3 Å². The predicted molar refractivity (Wildman–Crippen MR) is 118 cm³/mol. The largest absolute Gasteiger partial charge is 0.505 e. The maximum atomic E-state index is 13.1. The van der Waals surface area contributed by atoms with Crippen molar-refractivity contribution in [2.45, 2.75) is 31.2 Å². The molecule has 1 aliphatic heterocycles. The van der Waals surface area contributed by atoms with Gasteiger partial charge < -0.3 is 9.84 Å². The van der Waals surface area contributed by atoms with Gasteiger partial charge in [0, 0.05) is 12.6 Å². The molecule has 1 aliphatic rings. The van der Waals surface area contributed by atoms with Crippen LogP contribution >= 0.6 is 11.3 Å². The van der Waals surface area contributed by atoms with Crippen LogP contribution in [0.3, 0.4) is 0 Å². The summed E-state index contributed by atoms with van der Waals surface area (Å²) >= 11 is 1.35. The second-order valence-corrected chi connectivity index (χ2v) is 9.43. The first-order valence-corrected chi connectivity index (χ1v) is 11.9. The van der Waals surface area contributed by atoms with Crippen LogP contribution in [0.2, 0.25) is 0 Å². The zero-order valence-electron chi connectivity index (χ0n) is 16.8. The number of fused-ring (bicyclic) bond motifs is 1. The summed E-state index contributed by atoms with van der Waals surface area (Å²) in [6.07, 6.45) is 1.53. The molecule has 3 heterocycles. The summed E-state index contributed by atoms with van der Waals surface area (Å²) in [4.78, 5) is 18.0. The molecule has 31 heavy (non-hydrogen) atoms. The predicted octanol–water partition coefficient (Wildman–Crippen LogP) is 2.86. The van der Waals surface area contributed by atoms with Crippen LogP contribution in [-0.4, -0.2) is 36.3 Å². The van der Waals surface area contributed by atoms with E-state index in [0.717, 1.165) is 6.42 Å². The molecule has 0 saturated carbocycles. The Labute approximate surface area is 182 Å². The number of aryl methyl sites for hydroxylation is 1. The molecule has 0 radical (unpaired) electrons. The van der Waals surface area contributed by atoms with Gasteiger partial charge in [-0.05, 0) is 30.0 Å². The van der Waals surface area contributed by atoms with Gasteiger partial charge in [0.2, 0.25) is 0 Å². The first kappa shape index (κ1) is 21.1. The first-order valence-electron chi connectivity index (χ1n) is 9.53. The van der Waals surface area contributed by atoms with E-state index in [4.69, 9.17) is 4.74 Å². The van der Waals surface area contributed by atoms with Gasteiger partial charge in [0.05, 0.1) is 17.7 Å². The summed E-state index contributed by atoms with van der Waals surface area (Å²) in [5, 5.41) is 17.1. The Morgan fingerprint density at radius 2 is 2.10 bits per heavy atom. The summed E-state index contributed by atoms with van der Waals surface area (Å²) in [6.45, 7) is 2.31. The van der Waals surface area contributed by atoms with Crippen LogP contribution in [0.25, 0.3) is 10.6 Å². The molecule has 0 saturated heterocycles. The number of rotatable bonds is 6. The number of thiophene rings is 1. The van der Waals surface area contributed by atoms with Crippen LogP contribution in [0.5, 0.6) is 11.5 Å². The van der Waals surface area contributed by atoms with E-state index in [-0.39, 0.29) is 27.7 Å². The molecular weight excluding hydrogens is 440 g/mol. The van der Waals surface area contributed by atoms with Crippen LogP contribution in [0.15, 0.2) is 50.4 Å². The van der Waals surface area contributed by atoms with E-state index < -0.39 is 21.3 Å². The number of methoxy groups -OCH3 is 1. The van der Waals surface area contributed by atoms with E-state index in [1.54, 1.807) is 18.2 Å². The Balaban J connectivity index is 1.95. The number of aromatic nitrogens is 2. The number of aliphatic imine (C=N–C) groups is 1. The molecule has 0 atom stereocenters. The minimum Gasteiger partial charge on any atom is -0.505 e. The second kappa shape index (κ2) is 8.16. The lowest BCUT2D eigenvalue weighted by molar-refractivity contribution is 0.413. The van der Waals surface area contributed by atoms with Gasteiger partial charge in [0.15, 0.2) is 11.6 Å². The van der Waals surface area contributed by atoms with E-state index >= 15 is 0 Å². The highest BCUT2D eigenvalue weighted by atomic mass is 32.2. The van der Waals surface area contributed by atoms with Crippen LogP contribution in [0.4, 0.5) is 5.69 Å². The smallest absolute Gasteiger partial charge is 0.281 e. The number of hydrogen-bond acceptors (Lipinski definition) is 8. The minimum atomic E-state index is -4.04. The zero-order valence-corrected chi connectivity index (χ0v) is 18.5. The molecule has 0 unspecified atom stereocenters. The van der Waals surface area contributed by atoms with Crippen molar-refractivity contribution in [3.63, 3.8) is 0 Å². The molecule has 0 amide bonds. The monoisotopic (exact) mass is 460 g/mol. The van der Waals surface area contributed by atoms with Gasteiger partial charge in [-0.2, -0.15) is 5.10 Å². The van der Waals surface area contributed by atoms with E-state index in [9.17, 15) is 18.3 Å². The van der Waals surface area contributed by atoms with Crippen molar-refractivity contribution in [2.75, 3.05) is 7.11 Å². The van der Waals surface area contributed by atoms with Crippen molar-refractivity contribution in [2.24, 2.45) is 4.99 Å². The molecule has 11 heteroatoms. The van der Waals surface area contributed by atoms with Crippen molar-refractivity contribution >= 4 is 32.9 Å². The lowest BCUT2D eigenvalue weighted by Crippen LogP contribution is -2.39. The van der Waals surface area contributed by atoms with Crippen LogP contribution in [0, 0.1) is 0 Å². The van der Waals surface area contributed by atoms with Gasteiger partial charge in [-0.3, -0.25) is 9.52 Å². The number of aromatic hydroxyl groups is 1. The molecule has 4 rings (SSSR count). The Morgan fingerprint density at radius 1 is 1.29 bits per heavy atom. The SMILES string of the molecule is CCCCn1nc(-c2cccs2)c(O)c(C2=Nc3ccc(OC)cc3S(=O)(=O)N2)c1=O. The van der Waals surface area contributed by atoms with Gasteiger partial charge in [-0.25, -0.2) is 18.1 Å². The summed E-state index contributed by atoms with van der Waals surface area (Å²) in [5.41, 5.74) is -0.518. The van der Waals surface area contributed by atoms with E-state index in [0.29, 0.717) is 23.6 Å². The number of amidine groups is 1. The summed E-state index contributed by atoms with van der Waals surface area (Å²) in [5.74, 6) is -0.305. The van der Waals surface area contributed by atoms with Gasteiger partial charge in [0.25, 0.3) is 15.6 Å². The Bertz CT molecular complexity index is 1330. The molecule has 0 spiro atoms.